The molecule has 0 radical (unpaired) electrons. The van der Waals surface area contributed by atoms with E-state index < -0.39 is 0 Å². The van der Waals surface area contributed by atoms with E-state index in [-0.39, 0.29) is 0 Å². The van der Waals surface area contributed by atoms with Crippen molar-refractivity contribution in [1.82, 2.24) is 0 Å². The molecule has 2 heteroatoms. The van der Waals surface area contributed by atoms with Gasteiger partial charge in [-0.15, -0.1) is 0 Å². The molecule has 0 bridgehead atoms. The van der Waals surface area contributed by atoms with Gasteiger partial charge in [0, 0.05) is 17.8 Å². The van der Waals surface area contributed by atoms with Crippen LogP contribution in [0.25, 0.3) is 0 Å². The van der Waals surface area contributed by atoms with Crippen LogP contribution in [0.5, 0.6) is 0 Å². The minimum Gasteiger partial charge on any atom is -0.501 e. The highest BCUT2D eigenvalue weighted by Gasteiger charge is 2.22. The zero-order valence-corrected chi connectivity index (χ0v) is 10.8. The van der Waals surface area contributed by atoms with Crippen molar-refractivity contribution in [2.24, 2.45) is 0 Å². The van der Waals surface area contributed by atoms with Crippen LogP contribution in [0.3, 0.4) is 0 Å². The molecule has 0 spiro atoms. The number of hydrogen-bond acceptors (Lipinski definition) is 2. The van der Waals surface area contributed by atoms with Crippen LogP contribution in [0.2, 0.25) is 0 Å². The Morgan fingerprint density at radius 3 is 2.61 bits per heavy atom. The van der Waals surface area contributed by atoms with E-state index in [2.05, 4.69) is 41.7 Å². The fraction of sp³-hybridized carbons (Fsp3) is 0.375. The fourth-order valence-corrected chi connectivity index (χ4v) is 2.34. The zero-order chi connectivity index (χ0) is 12.4. The first-order valence-electron chi connectivity index (χ1n) is 6.67. The van der Waals surface area contributed by atoms with Gasteiger partial charge in [0.25, 0.3) is 0 Å². The highest BCUT2D eigenvalue weighted by molar-refractivity contribution is 5.53. The zero-order valence-electron chi connectivity index (χ0n) is 10.8. The second-order valence-corrected chi connectivity index (χ2v) is 5.03. The summed E-state index contributed by atoms with van der Waals surface area (Å²) in [7, 11) is 1.74. The quantitative estimate of drug-likeness (QED) is 0.853. The number of rotatable bonds is 4. The molecule has 18 heavy (non-hydrogen) atoms. The second-order valence-electron chi connectivity index (χ2n) is 5.03. The molecule has 0 heterocycles. The van der Waals surface area contributed by atoms with Crippen molar-refractivity contribution >= 4 is 5.69 Å². The maximum atomic E-state index is 5.30. The molecule has 0 saturated heterocycles. The van der Waals surface area contributed by atoms with Gasteiger partial charge in [0.05, 0.1) is 12.9 Å². The lowest BCUT2D eigenvalue weighted by atomic mass is 10.1. The third-order valence-corrected chi connectivity index (χ3v) is 3.58. The molecule has 3 rings (SSSR count). The van der Waals surface area contributed by atoms with E-state index in [1.165, 1.54) is 18.4 Å². The molecule has 1 N–H and O–H groups in total. The van der Waals surface area contributed by atoms with Gasteiger partial charge >= 0.3 is 0 Å². The van der Waals surface area contributed by atoms with Crippen molar-refractivity contribution in [3.05, 3.63) is 53.4 Å². The molecule has 2 aliphatic rings. The summed E-state index contributed by atoms with van der Waals surface area (Å²) in [6.45, 7) is 0. The third-order valence-electron chi connectivity index (χ3n) is 3.58. The molecule has 1 fully saturated rings. The van der Waals surface area contributed by atoms with Gasteiger partial charge < -0.3 is 10.1 Å². The highest BCUT2D eigenvalue weighted by Crippen LogP contribution is 2.40. The summed E-state index contributed by atoms with van der Waals surface area (Å²) in [5, 5.41) is 3.44. The fourth-order valence-electron chi connectivity index (χ4n) is 2.34. The van der Waals surface area contributed by atoms with Gasteiger partial charge in [-0.25, -0.2) is 0 Å². The summed E-state index contributed by atoms with van der Waals surface area (Å²) in [5.74, 6) is 1.88. The summed E-state index contributed by atoms with van der Waals surface area (Å²) in [6.07, 6.45) is 9.07. The smallest absolute Gasteiger partial charge is 0.0979 e. The van der Waals surface area contributed by atoms with Gasteiger partial charge in [0.2, 0.25) is 0 Å². The first kappa shape index (κ1) is 11.4. The van der Waals surface area contributed by atoms with Crippen LogP contribution in [0.15, 0.2) is 47.9 Å². The molecule has 0 unspecified atom stereocenters. The predicted molar refractivity (Wildman–Crippen MR) is 74.4 cm³/mol. The Bertz CT molecular complexity index is 480. The van der Waals surface area contributed by atoms with Gasteiger partial charge in [-0.1, -0.05) is 18.2 Å². The van der Waals surface area contributed by atoms with Crippen molar-refractivity contribution in [3.63, 3.8) is 0 Å². The first-order valence-corrected chi connectivity index (χ1v) is 6.67. The summed E-state index contributed by atoms with van der Waals surface area (Å²) in [5.41, 5.74) is 3.77. The Morgan fingerprint density at radius 1 is 1.17 bits per heavy atom. The van der Waals surface area contributed by atoms with Crippen LogP contribution in [0.1, 0.15) is 37.2 Å². The largest absolute Gasteiger partial charge is 0.501 e. The molecule has 0 atom stereocenters. The number of hydrogen-bond donors (Lipinski definition) is 1. The number of benzene rings is 1. The van der Waals surface area contributed by atoms with Gasteiger partial charge in [-0.2, -0.15) is 0 Å². The number of anilines is 1. The van der Waals surface area contributed by atoms with Crippen molar-refractivity contribution in [2.45, 2.75) is 31.6 Å². The molecule has 0 amide bonds. The molecule has 1 aromatic rings. The topological polar surface area (TPSA) is 21.3 Å². The van der Waals surface area contributed by atoms with Crippen LogP contribution in [0.4, 0.5) is 5.69 Å². The average molecular weight is 241 g/mol. The summed E-state index contributed by atoms with van der Waals surface area (Å²) >= 11 is 0. The molecule has 2 aliphatic carbocycles. The van der Waals surface area contributed by atoms with E-state index in [0.29, 0.717) is 0 Å². The molecular formula is C16H19NO. The maximum Gasteiger partial charge on any atom is 0.0979 e. The van der Waals surface area contributed by atoms with Crippen molar-refractivity contribution in [3.8, 4) is 0 Å². The van der Waals surface area contributed by atoms with Crippen molar-refractivity contribution in [2.75, 3.05) is 12.4 Å². The normalized spacial score (nSPS) is 18.9. The minimum atomic E-state index is 0.827. The van der Waals surface area contributed by atoms with Crippen molar-refractivity contribution in [1.29, 1.82) is 0 Å². The molecule has 94 valence electrons. The Hall–Kier alpha value is -1.70. The highest BCUT2D eigenvalue weighted by atomic mass is 16.5. The molecule has 1 aromatic carbocycles. The molecule has 0 aliphatic heterocycles. The van der Waals surface area contributed by atoms with E-state index in [4.69, 9.17) is 4.74 Å². The lowest BCUT2D eigenvalue weighted by Gasteiger charge is -2.14. The Labute approximate surface area is 108 Å². The van der Waals surface area contributed by atoms with E-state index in [1.807, 2.05) is 0 Å². The lowest BCUT2D eigenvalue weighted by molar-refractivity contribution is 0.276. The SMILES string of the molecule is COC1=CC(Nc2ccc(C3CC3)cc2)=CCC1. The van der Waals surface area contributed by atoms with Gasteiger partial charge in [-0.05, 0) is 49.0 Å². The van der Waals surface area contributed by atoms with Crippen LogP contribution >= 0.6 is 0 Å². The Kier molecular flexibility index (Phi) is 3.09. The minimum absolute atomic E-state index is 0.827. The first-order chi connectivity index (χ1) is 8.85. The van der Waals surface area contributed by atoms with E-state index in [0.717, 1.165) is 35.9 Å². The molecule has 2 nitrogen and oxygen atoms in total. The maximum absolute atomic E-state index is 5.30. The van der Waals surface area contributed by atoms with Crippen molar-refractivity contribution < 1.29 is 4.74 Å². The van der Waals surface area contributed by atoms with Gasteiger partial charge in [0.1, 0.15) is 0 Å². The monoisotopic (exact) mass is 241 g/mol. The predicted octanol–water partition coefficient (Wildman–Crippen LogP) is 4.18. The molecular weight excluding hydrogens is 222 g/mol. The standard InChI is InChI=1S/C16H19NO/c1-18-16-4-2-3-15(11-16)17-14-9-7-13(8-10-14)12-5-6-12/h3,7-12,17H,2,4-6H2,1H3. The molecule has 1 saturated carbocycles. The summed E-state index contributed by atoms with van der Waals surface area (Å²) < 4.78 is 5.30. The third kappa shape index (κ3) is 2.58. The second kappa shape index (κ2) is 4.89. The summed E-state index contributed by atoms with van der Waals surface area (Å²) in [6, 6.07) is 8.82. The van der Waals surface area contributed by atoms with E-state index in [9.17, 15) is 0 Å². The van der Waals surface area contributed by atoms with Crippen LogP contribution in [0, 0.1) is 0 Å². The van der Waals surface area contributed by atoms with E-state index in [1.54, 1.807) is 7.11 Å². The van der Waals surface area contributed by atoms with Gasteiger partial charge in [0.15, 0.2) is 0 Å². The number of ether oxygens (including phenoxy) is 1. The number of methoxy groups -OCH3 is 1. The van der Waals surface area contributed by atoms with Crippen LogP contribution in [-0.4, -0.2) is 7.11 Å². The van der Waals surface area contributed by atoms with Gasteiger partial charge in [-0.3, -0.25) is 0 Å². The average Bonchev–Trinajstić information content (AvgIpc) is 3.24. The van der Waals surface area contributed by atoms with E-state index >= 15 is 0 Å². The Morgan fingerprint density at radius 2 is 1.94 bits per heavy atom. The van der Waals surface area contributed by atoms with Crippen LogP contribution in [-0.2, 0) is 4.74 Å². The number of allylic oxidation sites excluding steroid dienone is 3. The van der Waals surface area contributed by atoms with Crippen LogP contribution < -0.4 is 5.32 Å². The lowest BCUT2D eigenvalue weighted by Crippen LogP contribution is -2.03. The number of nitrogens with one attached hydrogen (secondary N) is 1. The molecule has 0 aromatic heterocycles. The Balaban J connectivity index is 1.68. The summed E-state index contributed by atoms with van der Waals surface area (Å²) in [4.78, 5) is 0.